The largest absolute Gasteiger partial charge is 0.361 e. The van der Waals surface area contributed by atoms with Crippen LogP contribution in [0.15, 0.2) is 60.9 Å². The van der Waals surface area contributed by atoms with E-state index in [-0.39, 0.29) is 18.2 Å². The number of para-hydroxylation sites is 2. The summed E-state index contributed by atoms with van der Waals surface area (Å²) in [5.74, 6) is -0.573. The summed E-state index contributed by atoms with van der Waals surface area (Å²) < 4.78 is 0. The first-order valence-electron chi connectivity index (χ1n) is 9.17. The molecule has 0 bridgehead atoms. The van der Waals surface area contributed by atoms with E-state index >= 15 is 0 Å². The van der Waals surface area contributed by atoms with Gasteiger partial charge in [0, 0.05) is 47.2 Å². The number of fused-ring (bicyclic) bond motifs is 2. The van der Waals surface area contributed by atoms with E-state index in [0.29, 0.717) is 13.0 Å². The molecule has 0 saturated carbocycles. The van der Waals surface area contributed by atoms with Gasteiger partial charge in [-0.3, -0.25) is 14.5 Å². The van der Waals surface area contributed by atoms with Crippen LogP contribution in [0, 0.1) is 0 Å². The summed E-state index contributed by atoms with van der Waals surface area (Å²) >= 11 is 0. The average Bonchev–Trinajstić information content (AvgIpc) is 3.37. The summed E-state index contributed by atoms with van der Waals surface area (Å²) in [6.07, 6.45) is 4.73. The molecule has 1 aliphatic heterocycles. The van der Waals surface area contributed by atoms with Crippen molar-refractivity contribution in [1.29, 1.82) is 0 Å². The van der Waals surface area contributed by atoms with Crippen LogP contribution in [-0.4, -0.2) is 33.2 Å². The molecule has 1 aliphatic rings. The zero-order valence-electron chi connectivity index (χ0n) is 14.7. The van der Waals surface area contributed by atoms with Crippen LogP contribution < -0.4 is 0 Å². The first kappa shape index (κ1) is 15.9. The highest BCUT2D eigenvalue weighted by Crippen LogP contribution is 2.34. The van der Waals surface area contributed by atoms with Gasteiger partial charge in [-0.2, -0.15) is 0 Å². The van der Waals surface area contributed by atoms with Crippen molar-refractivity contribution >= 4 is 33.6 Å². The van der Waals surface area contributed by atoms with Gasteiger partial charge in [0.25, 0.3) is 0 Å². The van der Waals surface area contributed by atoms with Gasteiger partial charge in [-0.05, 0) is 29.7 Å². The Bertz CT molecular complexity index is 1170. The third kappa shape index (κ3) is 2.54. The van der Waals surface area contributed by atoms with Crippen molar-refractivity contribution in [3.8, 4) is 0 Å². The number of H-pyrrole nitrogens is 2. The second-order valence-corrected chi connectivity index (χ2v) is 7.04. The number of carbonyl (C=O) groups is 2. The summed E-state index contributed by atoms with van der Waals surface area (Å²) in [4.78, 5) is 33.4. The minimum atomic E-state index is -0.392. The maximum atomic E-state index is 13.0. The number of likely N-dealkylation sites (tertiary alicyclic amines) is 1. The quantitative estimate of drug-likeness (QED) is 0.546. The predicted molar refractivity (Wildman–Crippen MR) is 104 cm³/mol. The molecule has 1 fully saturated rings. The molecule has 2 N–H and O–H groups in total. The van der Waals surface area contributed by atoms with Crippen LogP contribution in [0.5, 0.6) is 0 Å². The molecule has 2 aromatic heterocycles. The van der Waals surface area contributed by atoms with E-state index in [9.17, 15) is 9.59 Å². The Kier molecular flexibility index (Phi) is 3.60. The molecule has 5 heteroatoms. The van der Waals surface area contributed by atoms with Gasteiger partial charge < -0.3 is 9.97 Å². The number of nitrogens with one attached hydrogen (secondary N) is 2. The highest BCUT2D eigenvalue weighted by molar-refractivity contribution is 6.08. The molecule has 1 saturated heterocycles. The van der Waals surface area contributed by atoms with Gasteiger partial charge in [0.15, 0.2) is 0 Å². The Morgan fingerprint density at radius 3 is 2.37 bits per heavy atom. The molecule has 27 heavy (non-hydrogen) atoms. The maximum absolute atomic E-state index is 13.0. The van der Waals surface area contributed by atoms with Gasteiger partial charge in [-0.25, -0.2) is 0 Å². The lowest BCUT2D eigenvalue weighted by Gasteiger charge is -2.14. The summed E-state index contributed by atoms with van der Waals surface area (Å²) in [6.45, 7) is 0.415. The summed E-state index contributed by atoms with van der Waals surface area (Å²) in [5, 5.41) is 2.16. The van der Waals surface area contributed by atoms with Crippen LogP contribution in [0.2, 0.25) is 0 Å². The van der Waals surface area contributed by atoms with E-state index in [1.165, 1.54) is 4.90 Å². The first-order chi connectivity index (χ1) is 13.2. The van der Waals surface area contributed by atoms with Crippen LogP contribution >= 0.6 is 0 Å². The van der Waals surface area contributed by atoms with Gasteiger partial charge in [0.2, 0.25) is 11.8 Å². The van der Waals surface area contributed by atoms with Gasteiger partial charge in [0.1, 0.15) is 0 Å². The monoisotopic (exact) mass is 357 g/mol. The molecular weight excluding hydrogens is 338 g/mol. The van der Waals surface area contributed by atoms with Crippen molar-refractivity contribution in [3.05, 3.63) is 72.1 Å². The maximum Gasteiger partial charge on any atom is 0.237 e. The third-order valence-corrected chi connectivity index (χ3v) is 5.52. The standard InChI is InChI=1S/C22H19N3O2/c26-21-11-17(18-13-24-20-8-4-2-6-16(18)20)22(27)25(21)10-9-14-12-23-19-7-3-1-5-15(14)19/h1-8,12-13,17,23-24H,9-11H2. The third-order valence-electron chi connectivity index (χ3n) is 5.52. The molecule has 134 valence electrons. The van der Waals surface area contributed by atoms with Crippen LogP contribution in [0.3, 0.4) is 0 Å². The van der Waals surface area contributed by atoms with Crippen LogP contribution in [-0.2, 0) is 16.0 Å². The Labute approximate surface area is 156 Å². The molecule has 1 atom stereocenters. The molecule has 5 nitrogen and oxygen atoms in total. The van der Waals surface area contributed by atoms with Crippen molar-refractivity contribution in [2.75, 3.05) is 6.54 Å². The Balaban J connectivity index is 1.38. The van der Waals surface area contributed by atoms with E-state index in [0.717, 1.165) is 32.9 Å². The number of benzene rings is 2. The van der Waals surface area contributed by atoms with Gasteiger partial charge in [0.05, 0.1) is 5.92 Å². The molecule has 0 radical (unpaired) electrons. The Morgan fingerprint density at radius 2 is 1.56 bits per heavy atom. The van der Waals surface area contributed by atoms with E-state index < -0.39 is 5.92 Å². The first-order valence-corrected chi connectivity index (χ1v) is 9.17. The fourth-order valence-corrected chi connectivity index (χ4v) is 4.11. The molecule has 0 spiro atoms. The number of carbonyl (C=O) groups excluding carboxylic acids is 2. The second-order valence-electron chi connectivity index (χ2n) is 7.04. The number of hydrogen-bond acceptors (Lipinski definition) is 2. The number of aromatic nitrogens is 2. The number of aromatic amines is 2. The average molecular weight is 357 g/mol. The lowest BCUT2D eigenvalue weighted by molar-refractivity contribution is -0.138. The number of amides is 2. The molecule has 2 amide bonds. The van der Waals surface area contributed by atoms with Crippen LogP contribution in [0.1, 0.15) is 23.5 Å². The van der Waals surface area contributed by atoms with Crippen molar-refractivity contribution in [3.63, 3.8) is 0 Å². The molecule has 2 aromatic carbocycles. The van der Waals surface area contributed by atoms with Crippen molar-refractivity contribution in [2.24, 2.45) is 0 Å². The SMILES string of the molecule is O=C1CC(c2c[nH]c3ccccc23)C(=O)N1CCc1c[nH]c2ccccc12. The summed E-state index contributed by atoms with van der Waals surface area (Å²) in [5.41, 5.74) is 4.11. The minimum Gasteiger partial charge on any atom is -0.361 e. The van der Waals surface area contributed by atoms with Crippen LogP contribution in [0.25, 0.3) is 21.8 Å². The lowest BCUT2D eigenvalue weighted by atomic mass is 9.97. The van der Waals surface area contributed by atoms with E-state index in [1.807, 2.05) is 54.9 Å². The fraction of sp³-hybridized carbons (Fsp3) is 0.182. The summed E-state index contributed by atoms with van der Waals surface area (Å²) in [6, 6.07) is 16.0. The predicted octanol–water partition coefficient (Wildman–Crippen LogP) is 3.73. The molecule has 3 heterocycles. The lowest BCUT2D eigenvalue weighted by Crippen LogP contribution is -2.32. The minimum absolute atomic E-state index is 0.0878. The van der Waals surface area contributed by atoms with E-state index in [4.69, 9.17) is 0 Å². The molecule has 4 aromatic rings. The molecule has 0 aliphatic carbocycles. The Hall–Kier alpha value is -3.34. The number of nitrogens with zero attached hydrogens (tertiary/aromatic N) is 1. The second kappa shape index (κ2) is 6.13. The topological polar surface area (TPSA) is 69.0 Å². The van der Waals surface area contributed by atoms with E-state index in [2.05, 4.69) is 16.0 Å². The Morgan fingerprint density at radius 1 is 0.889 bits per heavy atom. The zero-order chi connectivity index (χ0) is 18.4. The number of hydrogen-bond donors (Lipinski definition) is 2. The molecular formula is C22H19N3O2. The fourth-order valence-electron chi connectivity index (χ4n) is 4.11. The molecule has 5 rings (SSSR count). The molecule has 1 unspecified atom stereocenters. The number of rotatable bonds is 4. The van der Waals surface area contributed by atoms with Crippen molar-refractivity contribution in [1.82, 2.24) is 14.9 Å². The summed E-state index contributed by atoms with van der Waals surface area (Å²) in [7, 11) is 0. The number of imide groups is 1. The van der Waals surface area contributed by atoms with Crippen molar-refractivity contribution < 1.29 is 9.59 Å². The van der Waals surface area contributed by atoms with E-state index in [1.54, 1.807) is 0 Å². The highest BCUT2D eigenvalue weighted by atomic mass is 16.2. The van der Waals surface area contributed by atoms with Gasteiger partial charge in [-0.15, -0.1) is 0 Å². The van der Waals surface area contributed by atoms with Crippen molar-refractivity contribution in [2.45, 2.75) is 18.8 Å². The normalized spacial score (nSPS) is 17.5. The van der Waals surface area contributed by atoms with Crippen LogP contribution in [0.4, 0.5) is 0 Å². The zero-order valence-corrected chi connectivity index (χ0v) is 14.7. The van der Waals surface area contributed by atoms with Gasteiger partial charge >= 0.3 is 0 Å². The smallest absolute Gasteiger partial charge is 0.237 e. The highest BCUT2D eigenvalue weighted by Gasteiger charge is 2.40. The van der Waals surface area contributed by atoms with Gasteiger partial charge in [-0.1, -0.05) is 36.4 Å².